The Hall–Kier alpha value is -3.00. The van der Waals surface area contributed by atoms with Crippen molar-refractivity contribution >= 4 is 29.7 Å². The molecule has 0 unspecified atom stereocenters. The first kappa shape index (κ1) is 26.3. The fraction of sp³-hybridized carbons (Fsp3) is 0.400. The molecule has 0 fully saturated rings. The summed E-state index contributed by atoms with van der Waals surface area (Å²) in [5.74, 6) is 0.0457. The van der Waals surface area contributed by atoms with Gasteiger partial charge in [0.25, 0.3) is 0 Å². The molecule has 178 valence electrons. The highest BCUT2D eigenvalue weighted by atomic mass is 32.2. The van der Waals surface area contributed by atoms with Crippen LogP contribution < -0.4 is 15.4 Å². The molecule has 2 amide bonds. The molecule has 2 N–H and O–H groups in total. The second kappa shape index (κ2) is 14.9. The van der Waals surface area contributed by atoms with Crippen LogP contribution in [-0.4, -0.2) is 48.7 Å². The summed E-state index contributed by atoms with van der Waals surface area (Å²) in [7, 11) is 0. The van der Waals surface area contributed by atoms with Crippen LogP contribution >= 0.6 is 11.8 Å². The molecule has 0 aliphatic heterocycles. The smallest absolute Gasteiger partial charge is 0.407 e. The van der Waals surface area contributed by atoms with Gasteiger partial charge in [0.15, 0.2) is 0 Å². The van der Waals surface area contributed by atoms with Gasteiger partial charge in [0.2, 0.25) is 5.91 Å². The molecular weight excluding hydrogens is 440 g/mol. The summed E-state index contributed by atoms with van der Waals surface area (Å²) in [6.07, 6.45) is 3.56. The Labute approximate surface area is 199 Å². The van der Waals surface area contributed by atoms with Crippen molar-refractivity contribution in [1.29, 1.82) is 0 Å². The summed E-state index contributed by atoms with van der Waals surface area (Å²) in [4.78, 5) is 38.2. The SMILES string of the molecule is CCCCOC(=O)N[C@@H](Cc1ccccc1)C(=O)N[C@@H](CCSC)C(=O)Oc1ccccc1. The highest BCUT2D eigenvalue weighted by Crippen LogP contribution is 2.12. The lowest BCUT2D eigenvalue weighted by Crippen LogP contribution is -2.53. The number of hydrogen-bond acceptors (Lipinski definition) is 6. The maximum absolute atomic E-state index is 13.1. The summed E-state index contributed by atoms with van der Waals surface area (Å²) in [6.45, 7) is 2.28. The van der Waals surface area contributed by atoms with Crippen molar-refractivity contribution in [3.05, 3.63) is 66.2 Å². The van der Waals surface area contributed by atoms with E-state index in [9.17, 15) is 14.4 Å². The van der Waals surface area contributed by atoms with Gasteiger partial charge in [0.1, 0.15) is 17.8 Å². The molecule has 2 aromatic carbocycles. The van der Waals surface area contributed by atoms with E-state index in [0.717, 1.165) is 18.4 Å². The van der Waals surface area contributed by atoms with Gasteiger partial charge >= 0.3 is 12.1 Å². The van der Waals surface area contributed by atoms with Crippen molar-refractivity contribution in [2.24, 2.45) is 0 Å². The van der Waals surface area contributed by atoms with Gasteiger partial charge in [-0.2, -0.15) is 11.8 Å². The number of benzene rings is 2. The molecule has 0 spiro atoms. The van der Waals surface area contributed by atoms with Crippen LogP contribution in [0.25, 0.3) is 0 Å². The zero-order chi connectivity index (χ0) is 23.9. The zero-order valence-electron chi connectivity index (χ0n) is 19.1. The lowest BCUT2D eigenvalue weighted by atomic mass is 10.0. The predicted octanol–water partition coefficient (Wildman–Crippen LogP) is 3.97. The summed E-state index contributed by atoms with van der Waals surface area (Å²) < 4.78 is 10.6. The highest BCUT2D eigenvalue weighted by Gasteiger charge is 2.28. The number of carbonyl (C=O) groups is 3. The zero-order valence-corrected chi connectivity index (χ0v) is 19.9. The Kier molecular flexibility index (Phi) is 11.9. The molecule has 2 atom stereocenters. The second-order valence-electron chi connectivity index (χ2n) is 7.45. The number of alkyl carbamates (subject to hydrolysis) is 1. The van der Waals surface area contributed by atoms with E-state index >= 15 is 0 Å². The largest absolute Gasteiger partial charge is 0.450 e. The van der Waals surface area contributed by atoms with Crippen molar-refractivity contribution in [2.75, 3.05) is 18.6 Å². The third-order valence-corrected chi connectivity index (χ3v) is 5.44. The Morgan fingerprint density at radius 3 is 2.24 bits per heavy atom. The van der Waals surface area contributed by atoms with E-state index in [-0.39, 0.29) is 13.0 Å². The molecule has 0 saturated heterocycles. The van der Waals surface area contributed by atoms with Crippen molar-refractivity contribution in [3.63, 3.8) is 0 Å². The Bertz CT molecular complexity index is 864. The fourth-order valence-corrected chi connectivity index (χ4v) is 3.46. The summed E-state index contributed by atoms with van der Waals surface area (Å²) in [5.41, 5.74) is 0.874. The molecule has 0 heterocycles. The first-order chi connectivity index (χ1) is 16.0. The van der Waals surface area contributed by atoms with Crippen LogP contribution in [0.4, 0.5) is 4.79 Å². The molecule has 33 heavy (non-hydrogen) atoms. The first-order valence-electron chi connectivity index (χ1n) is 11.1. The number of para-hydroxylation sites is 1. The molecule has 0 aliphatic carbocycles. The number of esters is 1. The molecule has 0 bridgehead atoms. The van der Waals surface area contributed by atoms with Crippen LogP contribution in [0.3, 0.4) is 0 Å². The van der Waals surface area contributed by atoms with E-state index < -0.39 is 30.1 Å². The van der Waals surface area contributed by atoms with E-state index in [4.69, 9.17) is 9.47 Å². The van der Waals surface area contributed by atoms with Crippen LogP contribution in [0, 0.1) is 0 Å². The minimum Gasteiger partial charge on any atom is -0.450 e. The van der Waals surface area contributed by atoms with Gasteiger partial charge < -0.3 is 20.1 Å². The van der Waals surface area contributed by atoms with E-state index in [2.05, 4.69) is 10.6 Å². The highest BCUT2D eigenvalue weighted by molar-refractivity contribution is 7.98. The molecule has 7 nitrogen and oxygen atoms in total. The lowest BCUT2D eigenvalue weighted by molar-refractivity contribution is -0.139. The van der Waals surface area contributed by atoms with Crippen molar-refractivity contribution in [2.45, 2.75) is 44.7 Å². The van der Waals surface area contributed by atoms with E-state index in [1.54, 1.807) is 36.0 Å². The van der Waals surface area contributed by atoms with Crippen LogP contribution in [-0.2, 0) is 20.7 Å². The fourth-order valence-electron chi connectivity index (χ4n) is 2.98. The van der Waals surface area contributed by atoms with Crippen molar-refractivity contribution in [1.82, 2.24) is 10.6 Å². The first-order valence-corrected chi connectivity index (χ1v) is 12.5. The third kappa shape index (κ3) is 9.99. The molecule has 8 heteroatoms. The van der Waals surface area contributed by atoms with Gasteiger partial charge in [0.05, 0.1) is 6.61 Å². The van der Waals surface area contributed by atoms with E-state index in [1.807, 2.05) is 49.6 Å². The number of thioether (sulfide) groups is 1. The lowest BCUT2D eigenvalue weighted by Gasteiger charge is -2.22. The maximum atomic E-state index is 13.1. The normalized spacial score (nSPS) is 12.3. The summed E-state index contributed by atoms with van der Waals surface area (Å²) in [6, 6.07) is 16.3. The van der Waals surface area contributed by atoms with Crippen LogP contribution in [0.1, 0.15) is 31.7 Å². The van der Waals surface area contributed by atoms with Gasteiger partial charge in [-0.3, -0.25) is 4.79 Å². The van der Waals surface area contributed by atoms with Gasteiger partial charge in [-0.15, -0.1) is 0 Å². The standard InChI is InChI=1S/C25H32N2O5S/c1-3-4-16-31-25(30)27-22(18-19-11-7-5-8-12-19)23(28)26-21(15-17-33-2)24(29)32-20-13-9-6-10-14-20/h5-14,21-22H,3-4,15-18H2,1-2H3,(H,26,28)(H,27,30)/t21-,22-/m0/s1. The molecule has 2 rings (SSSR count). The van der Waals surface area contributed by atoms with Gasteiger partial charge in [0, 0.05) is 6.42 Å². The van der Waals surface area contributed by atoms with Crippen molar-refractivity contribution in [3.8, 4) is 5.75 Å². The second-order valence-corrected chi connectivity index (χ2v) is 8.44. The number of hydrogen-bond donors (Lipinski definition) is 2. The molecule has 2 aromatic rings. The Morgan fingerprint density at radius 1 is 0.939 bits per heavy atom. The molecule has 0 aliphatic rings. The molecule has 0 radical (unpaired) electrons. The topological polar surface area (TPSA) is 93.7 Å². The third-order valence-electron chi connectivity index (χ3n) is 4.80. The van der Waals surface area contributed by atoms with E-state index in [0.29, 0.717) is 17.9 Å². The van der Waals surface area contributed by atoms with Gasteiger partial charge in [-0.05, 0) is 42.5 Å². The van der Waals surface area contributed by atoms with Crippen LogP contribution in [0.5, 0.6) is 5.75 Å². The number of amides is 2. The molecule has 0 saturated carbocycles. The van der Waals surface area contributed by atoms with Crippen LogP contribution in [0.2, 0.25) is 0 Å². The van der Waals surface area contributed by atoms with Crippen molar-refractivity contribution < 1.29 is 23.9 Å². The maximum Gasteiger partial charge on any atom is 0.407 e. The number of carbonyl (C=O) groups excluding carboxylic acids is 3. The Morgan fingerprint density at radius 2 is 1.61 bits per heavy atom. The summed E-state index contributed by atoms with van der Waals surface area (Å²) in [5, 5.41) is 5.41. The number of rotatable bonds is 13. The van der Waals surface area contributed by atoms with Gasteiger partial charge in [-0.25, -0.2) is 9.59 Å². The number of unbranched alkanes of at least 4 members (excludes halogenated alkanes) is 1. The monoisotopic (exact) mass is 472 g/mol. The minimum absolute atomic E-state index is 0.262. The average Bonchev–Trinajstić information content (AvgIpc) is 2.82. The minimum atomic E-state index is -0.900. The predicted molar refractivity (Wildman–Crippen MR) is 130 cm³/mol. The Balaban J connectivity index is 2.10. The summed E-state index contributed by atoms with van der Waals surface area (Å²) >= 11 is 1.56. The van der Waals surface area contributed by atoms with E-state index in [1.165, 1.54) is 0 Å². The van der Waals surface area contributed by atoms with Gasteiger partial charge in [-0.1, -0.05) is 61.9 Å². The van der Waals surface area contributed by atoms with Crippen LogP contribution in [0.15, 0.2) is 60.7 Å². The number of nitrogens with one attached hydrogen (secondary N) is 2. The quantitative estimate of drug-likeness (QED) is 0.260. The average molecular weight is 473 g/mol. The molecular formula is C25H32N2O5S. The number of ether oxygens (including phenoxy) is 2. The molecule has 0 aromatic heterocycles.